The first-order valence-electron chi connectivity index (χ1n) is 5.02. The first kappa shape index (κ1) is 11.8. The van der Waals surface area contributed by atoms with Crippen molar-refractivity contribution in [2.24, 2.45) is 0 Å². The van der Waals surface area contributed by atoms with Gasteiger partial charge in [0.05, 0.1) is 24.8 Å². The molecule has 90 valence electrons. The molecule has 0 bridgehead atoms. The quantitative estimate of drug-likeness (QED) is 0.838. The molecule has 4 nitrogen and oxygen atoms in total. The number of halogens is 1. The van der Waals surface area contributed by atoms with Crippen LogP contribution in [0.5, 0.6) is 5.75 Å². The minimum absolute atomic E-state index is 0.372. The van der Waals surface area contributed by atoms with Crippen molar-refractivity contribution in [2.45, 2.75) is 6.92 Å². The summed E-state index contributed by atoms with van der Waals surface area (Å²) in [4.78, 5) is 14.4. The lowest BCUT2D eigenvalue weighted by molar-refractivity contribution is 0.0595. The first-order chi connectivity index (χ1) is 8.08. The number of hydrogen-bond donors (Lipinski definition) is 1. The number of carbonyl (C=O) groups excluding carboxylic acids is 1. The van der Waals surface area contributed by atoms with Crippen LogP contribution < -0.4 is 4.74 Å². The molecule has 1 N–H and O–H groups in total. The van der Waals surface area contributed by atoms with Gasteiger partial charge in [0.2, 0.25) is 0 Å². The number of methoxy groups -OCH3 is 2. The Morgan fingerprint density at radius 2 is 2.06 bits per heavy atom. The van der Waals surface area contributed by atoms with Gasteiger partial charge in [0, 0.05) is 17.0 Å². The molecule has 5 heteroatoms. The molecule has 0 aliphatic carbocycles. The van der Waals surface area contributed by atoms with Crippen LogP contribution in [0.3, 0.4) is 0 Å². The van der Waals surface area contributed by atoms with E-state index < -0.39 is 5.97 Å². The van der Waals surface area contributed by atoms with E-state index in [9.17, 15) is 4.79 Å². The zero-order valence-electron chi connectivity index (χ0n) is 9.76. The maximum atomic E-state index is 11.4. The Balaban J connectivity index is 2.69. The summed E-state index contributed by atoms with van der Waals surface area (Å²) in [6.45, 7) is 1.87. The van der Waals surface area contributed by atoms with Crippen molar-refractivity contribution in [1.29, 1.82) is 0 Å². The number of carbonyl (C=O) groups is 1. The highest BCUT2D eigenvalue weighted by Gasteiger charge is 2.15. The number of ether oxygens (including phenoxy) is 2. The van der Waals surface area contributed by atoms with Gasteiger partial charge in [-0.3, -0.25) is 0 Å². The molecular formula is C12H12ClNO3. The predicted octanol–water partition coefficient (Wildman–Crippen LogP) is 2.92. The summed E-state index contributed by atoms with van der Waals surface area (Å²) in [5.74, 6) is 0.259. The Morgan fingerprint density at radius 3 is 2.65 bits per heavy atom. The summed E-state index contributed by atoms with van der Waals surface area (Å²) in [6.07, 6.45) is 0. The minimum atomic E-state index is -0.422. The van der Waals surface area contributed by atoms with Crippen molar-refractivity contribution in [1.82, 2.24) is 4.98 Å². The standard InChI is InChI=1S/C12H12ClNO3/c1-6-10(16-2)5-8-7(11(6)13)4-9(14-8)12(15)17-3/h4-5,14H,1-3H3. The third-order valence-corrected chi connectivity index (χ3v) is 3.17. The summed E-state index contributed by atoms with van der Waals surface area (Å²) in [5.41, 5.74) is 1.96. The molecule has 0 fully saturated rings. The zero-order valence-corrected chi connectivity index (χ0v) is 10.5. The van der Waals surface area contributed by atoms with Crippen LogP contribution >= 0.6 is 11.6 Å². The maximum Gasteiger partial charge on any atom is 0.354 e. The molecule has 0 saturated carbocycles. The van der Waals surface area contributed by atoms with Crippen molar-refractivity contribution >= 4 is 28.5 Å². The molecule has 1 aromatic heterocycles. The summed E-state index contributed by atoms with van der Waals surface area (Å²) in [7, 11) is 2.91. The number of benzene rings is 1. The SMILES string of the molecule is COC(=O)c1cc2c(Cl)c(C)c(OC)cc2[nH]1. The van der Waals surface area contributed by atoms with Crippen molar-refractivity contribution in [2.75, 3.05) is 14.2 Å². The summed E-state index contributed by atoms with van der Waals surface area (Å²) in [6, 6.07) is 3.49. The number of hydrogen-bond acceptors (Lipinski definition) is 3. The van der Waals surface area contributed by atoms with Crippen molar-refractivity contribution < 1.29 is 14.3 Å². The number of aromatic nitrogens is 1. The van der Waals surface area contributed by atoms with Crippen LogP contribution in [-0.2, 0) is 4.74 Å². The van der Waals surface area contributed by atoms with Gasteiger partial charge in [-0.15, -0.1) is 0 Å². The van der Waals surface area contributed by atoms with Gasteiger partial charge in [-0.1, -0.05) is 11.6 Å². The van der Waals surface area contributed by atoms with Crippen LogP contribution in [0.2, 0.25) is 5.02 Å². The van der Waals surface area contributed by atoms with E-state index >= 15 is 0 Å². The monoisotopic (exact) mass is 253 g/mol. The molecule has 0 radical (unpaired) electrons. The Kier molecular flexibility index (Phi) is 2.98. The van der Waals surface area contributed by atoms with E-state index in [0.717, 1.165) is 16.5 Å². The number of fused-ring (bicyclic) bond motifs is 1. The molecule has 1 heterocycles. The van der Waals surface area contributed by atoms with E-state index in [2.05, 4.69) is 9.72 Å². The fraction of sp³-hybridized carbons (Fsp3) is 0.250. The molecule has 2 aromatic rings. The molecule has 0 saturated heterocycles. The molecule has 0 amide bonds. The molecule has 0 spiro atoms. The molecule has 2 rings (SSSR count). The first-order valence-corrected chi connectivity index (χ1v) is 5.40. The van der Waals surface area contributed by atoms with E-state index in [1.165, 1.54) is 7.11 Å². The summed E-state index contributed by atoms with van der Waals surface area (Å²) >= 11 is 6.22. The molecule has 0 aliphatic rings. The lowest BCUT2D eigenvalue weighted by Gasteiger charge is -2.06. The average Bonchev–Trinajstić information content (AvgIpc) is 2.76. The van der Waals surface area contributed by atoms with Crippen LogP contribution in [0, 0.1) is 6.92 Å². The topological polar surface area (TPSA) is 51.3 Å². The lowest BCUT2D eigenvalue weighted by atomic mass is 10.1. The van der Waals surface area contributed by atoms with Gasteiger partial charge in [-0.2, -0.15) is 0 Å². The number of esters is 1. The van der Waals surface area contributed by atoms with Gasteiger partial charge in [0.15, 0.2) is 0 Å². The van der Waals surface area contributed by atoms with Crippen LogP contribution in [0.15, 0.2) is 12.1 Å². The second-order valence-electron chi connectivity index (χ2n) is 3.65. The Labute approximate surface area is 103 Å². The van der Waals surface area contributed by atoms with Crippen molar-refractivity contribution in [3.63, 3.8) is 0 Å². The van der Waals surface area contributed by atoms with E-state index in [0.29, 0.717) is 16.5 Å². The third-order valence-electron chi connectivity index (χ3n) is 2.68. The van der Waals surface area contributed by atoms with Crippen LogP contribution in [0.1, 0.15) is 16.1 Å². The highest BCUT2D eigenvalue weighted by atomic mass is 35.5. The van der Waals surface area contributed by atoms with Gasteiger partial charge < -0.3 is 14.5 Å². The predicted molar refractivity (Wildman–Crippen MR) is 65.9 cm³/mol. The third kappa shape index (κ3) is 1.85. The van der Waals surface area contributed by atoms with E-state index in [1.807, 2.05) is 13.0 Å². The van der Waals surface area contributed by atoms with Crippen molar-refractivity contribution in [3.8, 4) is 5.75 Å². The van der Waals surface area contributed by atoms with Gasteiger partial charge in [-0.25, -0.2) is 4.79 Å². The molecule has 1 aromatic carbocycles. The second-order valence-corrected chi connectivity index (χ2v) is 4.03. The highest BCUT2D eigenvalue weighted by molar-refractivity contribution is 6.36. The normalized spacial score (nSPS) is 10.6. The zero-order chi connectivity index (χ0) is 12.6. The van der Waals surface area contributed by atoms with Crippen LogP contribution in [-0.4, -0.2) is 25.2 Å². The molecule has 0 aliphatic heterocycles. The molecular weight excluding hydrogens is 242 g/mol. The second kappa shape index (κ2) is 4.30. The molecule has 0 atom stereocenters. The summed E-state index contributed by atoms with van der Waals surface area (Å²) < 4.78 is 9.86. The van der Waals surface area contributed by atoms with E-state index in [4.69, 9.17) is 16.3 Å². The van der Waals surface area contributed by atoms with E-state index in [1.54, 1.807) is 13.2 Å². The summed E-state index contributed by atoms with van der Waals surface area (Å²) in [5, 5.41) is 1.36. The van der Waals surface area contributed by atoms with Gasteiger partial charge in [0.25, 0.3) is 0 Å². The van der Waals surface area contributed by atoms with Gasteiger partial charge in [0.1, 0.15) is 11.4 Å². The number of nitrogens with one attached hydrogen (secondary N) is 1. The van der Waals surface area contributed by atoms with Gasteiger partial charge in [-0.05, 0) is 13.0 Å². The van der Waals surface area contributed by atoms with Crippen LogP contribution in [0.25, 0.3) is 10.9 Å². The molecule has 17 heavy (non-hydrogen) atoms. The lowest BCUT2D eigenvalue weighted by Crippen LogP contribution is -2.00. The minimum Gasteiger partial charge on any atom is -0.496 e. The van der Waals surface area contributed by atoms with Crippen molar-refractivity contribution in [3.05, 3.63) is 28.4 Å². The fourth-order valence-electron chi connectivity index (χ4n) is 1.75. The number of aromatic amines is 1. The maximum absolute atomic E-state index is 11.4. The number of rotatable bonds is 2. The van der Waals surface area contributed by atoms with Crippen LogP contribution in [0.4, 0.5) is 0 Å². The Morgan fingerprint density at radius 1 is 1.35 bits per heavy atom. The van der Waals surface area contributed by atoms with E-state index in [-0.39, 0.29) is 0 Å². The Bertz CT molecular complexity index is 589. The Hall–Kier alpha value is -1.68. The van der Waals surface area contributed by atoms with Gasteiger partial charge >= 0.3 is 5.97 Å². The fourth-order valence-corrected chi connectivity index (χ4v) is 2.00. The largest absolute Gasteiger partial charge is 0.496 e. The smallest absolute Gasteiger partial charge is 0.354 e. The number of H-pyrrole nitrogens is 1. The average molecular weight is 254 g/mol. The highest BCUT2D eigenvalue weighted by Crippen LogP contribution is 2.34. The molecule has 0 unspecified atom stereocenters.